The lowest BCUT2D eigenvalue weighted by Crippen LogP contribution is -2.20. The van der Waals surface area contributed by atoms with Crippen molar-refractivity contribution in [3.63, 3.8) is 0 Å². The minimum Gasteiger partial charge on any atom is -0.507 e. The Hall–Kier alpha value is -7.21. The van der Waals surface area contributed by atoms with Crippen molar-refractivity contribution in [1.82, 2.24) is 0 Å². The summed E-state index contributed by atoms with van der Waals surface area (Å²) in [6, 6.07) is 32.0. The lowest BCUT2D eigenvalue weighted by Gasteiger charge is -2.18. The minimum absolute atomic E-state index is 0.0401. The first-order chi connectivity index (χ1) is 32.3. The van der Waals surface area contributed by atoms with Crippen LogP contribution in [0.15, 0.2) is 109 Å². The van der Waals surface area contributed by atoms with Crippen LogP contribution >= 0.6 is 23.2 Å². The number of benzene rings is 6. The molecule has 0 radical (unpaired) electrons. The number of hydrogen-bond donors (Lipinski definition) is 2. The topological polar surface area (TPSA) is 151 Å². The fraction of sp³-hybridized carbons (Fsp3) is 0.204. The smallest absolute Gasteiger partial charge is 0.341 e. The van der Waals surface area contributed by atoms with Gasteiger partial charge in [-0.1, -0.05) is 71.7 Å². The molecule has 67 heavy (non-hydrogen) atoms. The lowest BCUT2D eigenvalue weighted by molar-refractivity contribution is -0.116. The molecule has 0 spiro atoms. The standard InChI is InChI=1S/C27H22ClNO4.C17H15NO4.C10H9ClO/c1-15-5-3-8-23-25(15)21(14-20-18(16-9-10-16)6-4-7-22(20)28)26(31)29(23)17-11-12-19(24(30)13-17)27(32)33-2;1-10-4-3-5-14-13(10)9-16(20)18(14)11-6-7-12(15(19)8-11)17(21)22-2;11-10-3-1-2-8(7-4-5-7)9(10)6-12/h3-8,11-14,16,30H,9-10H2,1-2H3;3-8,19H,9H2,1-2H3;1-3,6-7H,4-5H2. The Morgan fingerprint density at radius 1 is 0.642 bits per heavy atom. The number of fused-ring (bicyclic) bond motifs is 2. The van der Waals surface area contributed by atoms with E-state index < -0.39 is 11.9 Å². The Balaban J connectivity index is 0.000000153. The van der Waals surface area contributed by atoms with Gasteiger partial charge in [0, 0.05) is 28.3 Å². The van der Waals surface area contributed by atoms with Gasteiger partial charge in [0.15, 0.2) is 6.29 Å². The maximum Gasteiger partial charge on any atom is 0.341 e. The fourth-order valence-electron chi connectivity index (χ4n) is 8.60. The Kier molecular flexibility index (Phi) is 13.4. The molecular weight excluding hydrogens is 892 g/mol. The predicted molar refractivity (Wildman–Crippen MR) is 259 cm³/mol. The van der Waals surface area contributed by atoms with Crippen molar-refractivity contribution in [3.05, 3.63) is 175 Å². The van der Waals surface area contributed by atoms with Gasteiger partial charge in [-0.15, -0.1) is 0 Å². The average Bonchev–Trinajstić information content (AvgIpc) is 4.26. The van der Waals surface area contributed by atoms with Crippen LogP contribution in [0.3, 0.4) is 0 Å². The molecule has 2 fully saturated rings. The summed E-state index contributed by atoms with van der Waals surface area (Å²) < 4.78 is 9.30. The molecule has 2 aliphatic heterocycles. The molecule has 4 aliphatic rings. The van der Waals surface area contributed by atoms with Gasteiger partial charge in [0.2, 0.25) is 5.91 Å². The average molecular weight is 938 g/mol. The second kappa shape index (κ2) is 19.3. The molecule has 2 amide bonds. The van der Waals surface area contributed by atoms with E-state index >= 15 is 0 Å². The molecule has 6 aromatic carbocycles. The zero-order valence-electron chi connectivity index (χ0n) is 37.1. The van der Waals surface area contributed by atoms with Crippen molar-refractivity contribution in [3.8, 4) is 11.5 Å². The van der Waals surface area contributed by atoms with E-state index in [9.17, 15) is 34.2 Å². The van der Waals surface area contributed by atoms with Crippen LogP contribution < -0.4 is 9.80 Å². The fourth-order valence-corrected chi connectivity index (χ4v) is 9.07. The number of phenols is 2. The number of amides is 2. The van der Waals surface area contributed by atoms with Gasteiger partial charge in [0.05, 0.1) is 54.0 Å². The van der Waals surface area contributed by atoms with Crippen molar-refractivity contribution in [2.45, 2.75) is 57.8 Å². The largest absolute Gasteiger partial charge is 0.507 e. The molecular formula is C54H46Cl2N2O9. The first kappa shape index (κ1) is 46.3. The molecule has 0 atom stereocenters. The van der Waals surface area contributed by atoms with Crippen molar-refractivity contribution in [1.29, 1.82) is 0 Å². The molecule has 0 aromatic heterocycles. The highest BCUT2D eigenvalue weighted by molar-refractivity contribution is 6.39. The van der Waals surface area contributed by atoms with E-state index in [2.05, 4.69) is 10.8 Å². The van der Waals surface area contributed by atoms with Crippen molar-refractivity contribution in [2.24, 2.45) is 0 Å². The van der Waals surface area contributed by atoms with Gasteiger partial charge in [-0.2, -0.15) is 0 Å². The SMILES string of the molecule is COC(=O)c1ccc(N2C(=O)C(=Cc3c(Cl)cccc3C3CC3)c3c(C)cccc32)cc1O.COC(=O)c1ccc(N2C(=O)Cc3c(C)cccc32)cc1O.O=Cc1c(Cl)cccc1C1CC1. The number of carbonyl (C=O) groups excluding carboxylic acids is 5. The van der Waals surface area contributed by atoms with Gasteiger partial charge in [-0.25, -0.2) is 9.59 Å². The van der Waals surface area contributed by atoms with E-state index in [-0.39, 0.29) is 34.4 Å². The number of aryl methyl sites for hydroxylation is 2. The van der Waals surface area contributed by atoms with Crippen LogP contribution in [-0.2, 0) is 25.5 Å². The number of nitrogens with zero attached hydrogens (tertiary/aromatic N) is 2. The first-order valence-corrected chi connectivity index (χ1v) is 22.4. The monoisotopic (exact) mass is 936 g/mol. The number of esters is 2. The summed E-state index contributed by atoms with van der Waals surface area (Å²) in [4.78, 5) is 63.3. The molecule has 2 N–H and O–H groups in total. The van der Waals surface area contributed by atoms with E-state index in [1.54, 1.807) is 28.0 Å². The Bertz CT molecular complexity index is 3030. The molecule has 2 aliphatic carbocycles. The molecule has 0 unspecified atom stereocenters. The highest BCUT2D eigenvalue weighted by Gasteiger charge is 2.36. The maximum absolute atomic E-state index is 13.8. The summed E-state index contributed by atoms with van der Waals surface area (Å²) in [7, 11) is 2.50. The number of rotatable bonds is 8. The van der Waals surface area contributed by atoms with Crippen LogP contribution in [0.1, 0.15) is 108 Å². The maximum atomic E-state index is 13.8. The van der Waals surface area contributed by atoms with Gasteiger partial charge in [-0.05, 0) is 139 Å². The molecule has 13 heteroatoms. The highest BCUT2D eigenvalue weighted by atomic mass is 35.5. The molecule has 2 saturated carbocycles. The first-order valence-electron chi connectivity index (χ1n) is 21.7. The number of phenolic OH excluding ortho intramolecular Hbond substituents is 2. The van der Waals surface area contributed by atoms with E-state index in [1.165, 1.54) is 51.3 Å². The second-order valence-corrected chi connectivity index (χ2v) is 17.5. The number of methoxy groups -OCH3 is 2. The molecule has 11 nitrogen and oxygen atoms in total. The zero-order chi connectivity index (χ0) is 47.7. The summed E-state index contributed by atoms with van der Waals surface area (Å²) in [5.74, 6) is -0.936. The van der Waals surface area contributed by atoms with Crippen molar-refractivity contribution < 1.29 is 43.7 Å². The highest BCUT2D eigenvalue weighted by Crippen LogP contribution is 2.48. The van der Waals surface area contributed by atoms with Gasteiger partial charge >= 0.3 is 11.9 Å². The second-order valence-electron chi connectivity index (χ2n) is 16.7. The van der Waals surface area contributed by atoms with Crippen molar-refractivity contribution >= 4 is 87.6 Å². The molecule has 2 heterocycles. The van der Waals surface area contributed by atoms with Gasteiger partial charge in [-0.3, -0.25) is 24.2 Å². The van der Waals surface area contributed by atoms with Gasteiger partial charge in [0.25, 0.3) is 5.91 Å². The molecule has 340 valence electrons. The lowest BCUT2D eigenvalue weighted by atomic mass is 9.96. The van der Waals surface area contributed by atoms with E-state index in [0.717, 1.165) is 69.4 Å². The van der Waals surface area contributed by atoms with Gasteiger partial charge in [0.1, 0.15) is 22.6 Å². The number of aldehydes is 1. The Morgan fingerprint density at radius 2 is 1.13 bits per heavy atom. The molecule has 6 aromatic rings. The number of aromatic hydroxyl groups is 2. The number of anilines is 4. The van der Waals surface area contributed by atoms with E-state index in [1.807, 2.05) is 80.6 Å². The molecule has 10 rings (SSSR count). The van der Waals surface area contributed by atoms with E-state index in [4.69, 9.17) is 27.9 Å². The summed E-state index contributed by atoms with van der Waals surface area (Å²) in [5.41, 5.74) is 10.9. The normalized spacial score (nSPS) is 15.2. The summed E-state index contributed by atoms with van der Waals surface area (Å²) >= 11 is 12.5. The zero-order valence-corrected chi connectivity index (χ0v) is 38.7. The van der Waals surface area contributed by atoms with Crippen LogP contribution in [0, 0.1) is 13.8 Å². The Morgan fingerprint density at radius 3 is 1.66 bits per heavy atom. The quantitative estimate of drug-likeness (QED) is 0.0863. The van der Waals surface area contributed by atoms with Crippen molar-refractivity contribution in [2.75, 3.05) is 24.0 Å². The third kappa shape index (κ3) is 9.30. The van der Waals surface area contributed by atoms with E-state index in [0.29, 0.717) is 50.8 Å². The summed E-state index contributed by atoms with van der Waals surface area (Å²) in [5, 5.41) is 21.6. The Labute approximate surface area is 397 Å². The van der Waals surface area contributed by atoms with Crippen LogP contribution in [-0.4, -0.2) is 54.5 Å². The summed E-state index contributed by atoms with van der Waals surface area (Å²) in [6.07, 6.45) is 7.72. The predicted octanol–water partition coefficient (Wildman–Crippen LogP) is 12.0. The van der Waals surface area contributed by atoms with Crippen LogP contribution in [0.2, 0.25) is 10.0 Å². The third-order valence-corrected chi connectivity index (χ3v) is 13.0. The summed E-state index contributed by atoms with van der Waals surface area (Å²) in [6.45, 7) is 3.93. The molecule has 0 bridgehead atoms. The minimum atomic E-state index is -0.644. The van der Waals surface area contributed by atoms with Crippen LogP contribution in [0.25, 0.3) is 11.6 Å². The van der Waals surface area contributed by atoms with Crippen LogP contribution in [0.4, 0.5) is 22.7 Å². The third-order valence-electron chi connectivity index (χ3n) is 12.3. The number of carbonyl (C=O) groups is 5. The molecule has 0 saturated heterocycles. The number of halogens is 2. The number of ether oxygens (including phenoxy) is 2. The van der Waals surface area contributed by atoms with Gasteiger partial charge < -0.3 is 19.7 Å². The van der Waals surface area contributed by atoms with Crippen LogP contribution in [0.5, 0.6) is 11.5 Å². The number of hydrogen-bond acceptors (Lipinski definition) is 9.